The number of likely N-dealkylation sites (N-methyl/N-ethyl adjacent to an activating group) is 1. The number of carboxylic acid groups (broad SMARTS) is 1. The van der Waals surface area contributed by atoms with Gasteiger partial charge in [0, 0.05) is 41.1 Å². The number of phenolic OH excluding ortho intramolecular Hbond substituents is 1. The Kier molecular flexibility index (Phi) is 6.92. The summed E-state index contributed by atoms with van der Waals surface area (Å²) in [4.78, 5) is 13.3. The van der Waals surface area contributed by atoms with Crippen LogP contribution < -0.4 is 14.8 Å². The van der Waals surface area contributed by atoms with E-state index >= 15 is 0 Å². The Morgan fingerprint density at radius 1 is 1.39 bits per heavy atom. The molecule has 9 heteroatoms. The molecule has 2 heterocycles. The van der Waals surface area contributed by atoms with Crippen LogP contribution in [0.25, 0.3) is 0 Å². The van der Waals surface area contributed by atoms with Crippen molar-refractivity contribution in [3.05, 3.63) is 17.2 Å². The molecule has 0 amide bonds. The summed E-state index contributed by atoms with van der Waals surface area (Å²) in [6.07, 6.45) is 4.81. The number of nitrogens with one attached hydrogen (secondary N) is 1. The molecule has 0 unspecified atom stereocenters. The number of hydrogen-bond donors (Lipinski definition) is 3. The molecule has 1 aromatic carbocycles. The molecule has 2 fully saturated rings. The second-order valence-corrected chi connectivity index (χ2v) is 9.10. The van der Waals surface area contributed by atoms with Crippen LogP contribution in [0.2, 0.25) is 0 Å². The summed E-state index contributed by atoms with van der Waals surface area (Å²) >= 11 is 0. The van der Waals surface area contributed by atoms with Crippen molar-refractivity contribution in [3.63, 3.8) is 0 Å². The number of likely N-dealkylation sites (tertiary alicyclic amines) is 1. The Labute approximate surface area is 195 Å². The summed E-state index contributed by atoms with van der Waals surface area (Å²) in [6, 6.07) is 2.32. The first-order valence-electron chi connectivity index (χ1n) is 10.7. The number of aromatic hydroxyl groups is 1. The molecular formula is C22H32Cl2N2O5. The van der Waals surface area contributed by atoms with Crippen molar-refractivity contribution in [2.75, 3.05) is 27.2 Å². The third-order valence-corrected chi connectivity index (χ3v) is 7.88. The summed E-state index contributed by atoms with van der Waals surface area (Å²) < 4.78 is 12.2. The average molecular weight is 475 g/mol. The number of carboxylic acids is 1. The maximum Gasteiger partial charge on any atom is 0.303 e. The van der Waals surface area contributed by atoms with Gasteiger partial charge in [0.25, 0.3) is 0 Å². The number of phenols is 1. The lowest BCUT2D eigenvalue weighted by Crippen LogP contribution is -2.68. The molecule has 2 aliphatic heterocycles. The number of benzene rings is 1. The monoisotopic (exact) mass is 474 g/mol. The number of aliphatic carboxylic acids is 1. The second kappa shape index (κ2) is 8.85. The van der Waals surface area contributed by atoms with Gasteiger partial charge in [-0.15, -0.1) is 24.8 Å². The molecule has 3 N–H and O–H groups in total. The molecule has 2 aliphatic carbocycles. The van der Waals surface area contributed by atoms with E-state index in [1.165, 1.54) is 11.1 Å². The lowest BCUT2D eigenvalue weighted by molar-refractivity contribution is -0.137. The largest absolute Gasteiger partial charge is 0.504 e. The van der Waals surface area contributed by atoms with Crippen LogP contribution in [-0.2, 0) is 16.6 Å². The van der Waals surface area contributed by atoms with Gasteiger partial charge in [0.15, 0.2) is 11.5 Å². The van der Waals surface area contributed by atoms with E-state index in [9.17, 15) is 9.90 Å². The van der Waals surface area contributed by atoms with Crippen molar-refractivity contribution in [1.82, 2.24) is 10.2 Å². The first kappa shape index (κ1) is 24.2. The van der Waals surface area contributed by atoms with Crippen LogP contribution >= 0.6 is 24.8 Å². The third-order valence-electron chi connectivity index (χ3n) is 7.88. The fraction of sp³-hybridized carbons (Fsp3) is 0.682. The lowest BCUT2D eigenvalue weighted by atomic mass is 9.51. The molecule has 5 atom stereocenters. The van der Waals surface area contributed by atoms with E-state index in [1.54, 1.807) is 13.2 Å². The quantitative estimate of drug-likeness (QED) is 0.545. The zero-order valence-corrected chi connectivity index (χ0v) is 19.6. The number of nitrogens with zero attached hydrogens (tertiary/aromatic N) is 1. The molecule has 31 heavy (non-hydrogen) atoms. The predicted octanol–water partition coefficient (Wildman–Crippen LogP) is 2.74. The summed E-state index contributed by atoms with van der Waals surface area (Å²) in [7, 11) is 3.89. The van der Waals surface area contributed by atoms with Crippen molar-refractivity contribution in [3.8, 4) is 17.2 Å². The number of halogens is 2. The van der Waals surface area contributed by atoms with Crippen molar-refractivity contribution < 1.29 is 24.5 Å². The van der Waals surface area contributed by atoms with Crippen LogP contribution in [-0.4, -0.2) is 66.5 Å². The van der Waals surface area contributed by atoms with Gasteiger partial charge in [0.2, 0.25) is 0 Å². The molecule has 4 aliphatic rings. The van der Waals surface area contributed by atoms with E-state index < -0.39 is 5.97 Å². The highest BCUT2D eigenvalue weighted by Gasteiger charge is 2.65. The Morgan fingerprint density at radius 2 is 2.16 bits per heavy atom. The van der Waals surface area contributed by atoms with Crippen LogP contribution in [0, 0.1) is 5.92 Å². The normalized spacial score (nSPS) is 32.2. The van der Waals surface area contributed by atoms with E-state index in [0.717, 1.165) is 38.0 Å². The smallest absolute Gasteiger partial charge is 0.303 e. The van der Waals surface area contributed by atoms with E-state index in [0.29, 0.717) is 30.7 Å². The van der Waals surface area contributed by atoms with Gasteiger partial charge in [-0.05, 0) is 58.2 Å². The van der Waals surface area contributed by atoms with Crippen molar-refractivity contribution >= 4 is 30.8 Å². The number of methoxy groups -OCH3 is 1. The molecule has 1 aromatic rings. The van der Waals surface area contributed by atoms with Crippen LogP contribution in [0.15, 0.2) is 6.07 Å². The summed E-state index contributed by atoms with van der Waals surface area (Å²) in [5.74, 6) is 1.33. The number of hydrogen-bond acceptors (Lipinski definition) is 6. The zero-order valence-electron chi connectivity index (χ0n) is 17.9. The summed E-state index contributed by atoms with van der Waals surface area (Å²) in [5, 5.41) is 23.2. The predicted molar refractivity (Wildman–Crippen MR) is 121 cm³/mol. The van der Waals surface area contributed by atoms with Gasteiger partial charge in [-0.3, -0.25) is 4.79 Å². The molecule has 1 saturated heterocycles. The van der Waals surface area contributed by atoms with Crippen LogP contribution in [0.5, 0.6) is 17.2 Å². The fourth-order valence-corrected chi connectivity index (χ4v) is 6.71. The van der Waals surface area contributed by atoms with Gasteiger partial charge in [-0.2, -0.15) is 0 Å². The van der Waals surface area contributed by atoms with E-state index in [-0.39, 0.29) is 54.5 Å². The molecule has 2 bridgehead atoms. The minimum absolute atomic E-state index is 0. The molecule has 7 nitrogen and oxygen atoms in total. The van der Waals surface area contributed by atoms with Crippen molar-refractivity contribution in [1.29, 1.82) is 0 Å². The molecule has 0 aromatic heterocycles. The van der Waals surface area contributed by atoms with E-state index in [1.807, 2.05) is 0 Å². The maximum atomic E-state index is 10.8. The highest BCUT2D eigenvalue weighted by atomic mass is 35.5. The average Bonchev–Trinajstić information content (AvgIpc) is 3.05. The molecule has 174 valence electrons. The molecule has 1 spiro atoms. The highest BCUT2D eigenvalue weighted by molar-refractivity contribution is 5.85. The third kappa shape index (κ3) is 3.45. The molecular weight excluding hydrogens is 443 g/mol. The van der Waals surface area contributed by atoms with Gasteiger partial charge >= 0.3 is 5.97 Å². The van der Waals surface area contributed by atoms with Crippen molar-refractivity contribution in [2.45, 2.75) is 62.1 Å². The fourth-order valence-electron chi connectivity index (χ4n) is 6.71. The van der Waals surface area contributed by atoms with Gasteiger partial charge < -0.3 is 29.9 Å². The minimum atomic E-state index is -0.759. The Hall–Kier alpha value is -1.41. The SMILES string of the molecule is COc1cc(O)c2c3c1C[C@@H]1[C@@H]4CC[C@H](NCCCC(=O)O)[C@H](O2)[C@]34CCN1C.Cl.Cl. The number of ether oxygens (including phenoxy) is 2. The summed E-state index contributed by atoms with van der Waals surface area (Å²) in [6.45, 7) is 1.68. The maximum absolute atomic E-state index is 10.8. The van der Waals surface area contributed by atoms with E-state index in [2.05, 4.69) is 17.3 Å². The number of carbonyl (C=O) groups is 1. The molecule has 0 radical (unpaired) electrons. The molecule has 5 rings (SSSR count). The highest BCUT2D eigenvalue weighted by Crippen LogP contribution is 2.65. The number of rotatable bonds is 6. The topological polar surface area (TPSA) is 91.3 Å². The first-order valence-corrected chi connectivity index (χ1v) is 10.7. The minimum Gasteiger partial charge on any atom is -0.504 e. The van der Waals surface area contributed by atoms with Gasteiger partial charge in [0.1, 0.15) is 11.9 Å². The zero-order chi connectivity index (χ0) is 20.3. The van der Waals surface area contributed by atoms with Gasteiger partial charge in [-0.25, -0.2) is 0 Å². The summed E-state index contributed by atoms with van der Waals surface area (Å²) in [5.41, 5.74) is 2.28. The Bertz CT molecular complexity index is 854. The first-order chi connectivity index (χ1) is 14.0. The van der Waals surface area contributed by atoms with Gasteiger partial charge in [-0.1, -0.05) is 0 Å². The molecule has 1 saturated carbocycles. The Morgan fingerprint density at radius 3 is 2.87 bits per heavy atom. The Balaban J connectivity index is 0.00000136. The number of piperidine rings is 1. The second-order valence-electron chi connectivity index (χ2n) is 9.10. The van der Waals surface area contributed by atoms with Gasteiger partial charge in [0.05, 0.1) is 7.11 Å². The standard InChI is InChI=1S/C22H30N2O5.2ClH/c1-24-9-7-22-13-5-6-14(23-8-3-4-18(26)27)21(22)29-20-16(25)11-17(28-2)12(19(20)22)10-15(13)24;;/h11,13-15,21,23,25H,3-10H2,1-2H3,(H,26,27);2*1H/t13-,14-,15+,21-,22-;;/m0../s1. The van der Waals surface area contributed by atoms with Crippen LogP contribution in [0.1, 0.15) is 43.2 Å². The lowest BCUT2D eigenvalue weighted by Gasteiger charge is -2.59. The van der Waals surface area contributed by atoms with Crippen LogP contribution in [0.4, 0.5) is 0 Å². The van der Waals surface area contributed by atoms with E-state index in [4.69, 9.17) is 14.6 Å². The van der Waals surface area contributed by atoms with Crippen LogP contribution in [0.3, 0.4) is 0 Å². The van der Waals surface area contributed by atoms with Crippen molar-refractivity contribution in [2.24, 2.45) is 5.92 Å².